The van der Waals surface area contributed by atoms with Crippen molar-refractivity contribution < 1.29 is 13.2 Å². The van der Waals surface area contributed by atoms with Gasteiger partial charge in [-0.25, -0.2) is 13.6 Å². The molecule has 6 N–H and O–H groups in total. The fraction of sp³-hybridized carbons (Fsp3) is 0.263. The first-order valence-corrected chi connectivity index (χ1v) is 10.2. The number of carbonyl (C=O) groups is 1. The van der Waals surface area contributed by atoms with Crippen LogP contribution >= 0.6 is 0 Å². The van der Waals surface area contributed by atoms with Crippen LogP contribution in [0.2, 0.25) is 0 Å². The molecule has 8 nitrogen and oxygen atoms in total. The van der Waals surface area contributed by atoms with Gasteiger partial charge in [-0.15, -0.1) is 0 Å². The summed E-state index contributed by atoms with van der Waals surface area (Å²) in [5.41, 5.74) is 8.10. The van der Waals surface area contributed by atoms with Crippen molar-refractivity contribution in [3.8, 4) is 11.3 Å². The van der Waals surface area contributed by atoms with Crippen molar-refractivity contribution in [2.24, 2.45) is 16.3 Å². The maximum Gasteiger partial charge on any atom is 0.241 e. The monoisotopic (exact) mass is 401 g/mol. The van der Waals surface area contributed by atoms with Crippen molar-refractivity contribution in [1.29, 1.82) is 0 Å². The zero-order valence-electron chi connectivity index (χ0n) is 15.9. The first-order valence-electron chi connectivity index (χ1n) is 8.64. The van der Waals surface area contributed by atoms with Crippen LogP contribution in [-0.4, -0.2) is 30.6 Å². The van der Waals surface area contributed by atoms with E-state index in [-0.39, 0.29) is 16.2 Å². The Hall–Kier alpha value is -2.75. The number of rotatable bonds is 4. The molecule has 1 atom stereocenters. The minimum absolute atomic E-state index is 0.00163. The quantitative estimate of drug-likeness (QED) is 0.530. The first kappa shape index (κ1) is 20.0. The van der Waals surface area contributed by atoms with Crippen molar-refractivity contribution >= 4 is 32.5 Å². The molecule has 0 aliphatic heterocycles. The van der Waals surface area contributed by atoms with E-state index >= 15 is 0 Å². The highest BCUT2D eigenvalue weighted by atomic mass is 32.2. The van der Waals surface area contributed by atoms with Crippen LogP contribution in [0.15, 0.2) is 47.4 Å². The number of aromatic amines is 1. The van der Waals surface area contributed by atoms with Crippen LogP contribution in [0.25, 0.3) is 22.2 Å². The highest BCUT2D eigenvalue weighted by molar-refractivity contribution is 7.89. The second-order valence-corrected chi connectivity index (χ2v) is 9.30. The Morgan fingerprint density at radius 2 is 1.89 bits per heavy atom. The van der Waals surface area contributed by atoms with Gasteiger partial charge in [0.1, 0.15) is 5.69 Å². The number of nitrogens with one attached hydrogen (secondary N) is 2. The van der Waals surface area contributed by atoms with E-state index in [1.165, 1.54) is 12.1 Å². The molecule has 0 fully saturated rings. The zero-order chi connectivity index (χ0) is 20.7. The van der Waals surface area contributed by atoms with E-state index in [2.05, 4.69) is 15.5 Å². The molecule has 148 valence electrons. The minimum Gasteiger partial charge on any atom is -0.325 e. The molecule has 28 heavy (non-hydrogen) atoms. The van der Waals surface area contributed by atoms with Gasteiger partial charge < -0.3 is 11.1 Å². The van der Waals surface area contributed by atoms with Gasteiger partial charge in [0.15, 0.2) is 0 Å². The lowest BCUT2D eigenvalue weighted by atomic mass is 9.87. The van der Waals surface area contributed by atoms with Crippen molar-refractivity contribution in [2.75, 3.05) is 5.32 Å². The summed E-state index contributed by atoms with van der Waals surface area (Å²) in [5, 5.41) is 16.0. The number of amides is 1. The number of aromatic nitrogens is 2. The lowest BCUT2D eigenvalue weighted by Crippen LogP contribution is -2.45. The molecule has 0 radical (unpaired) electrons. The van der Waals surface area contributed by atoms with Gasteiger partial charge in [0.05, 0.1) is 16.5 Å². The van der Waals surface area contributed by atoms with Gasteiger partial charge in [0.2, 0.25) is 15.9 Å². The van der Waals surface area contributed by atoms with E-state index < -0.39 is 16.1 Å². The normalized spacial score (nSPS) is 13.5. The number of carbonyl (C=O) groups excluding carboxylic acids is 1. The second kappa shape index (κ2) is 7.01. The van der Waals surface area contributed by atoms with Gasteiger partial charge >= 0.3 is 0 Å². The van der Waals surface area contributed by atoms with Gasteiger partial charge in [-0.1, -0.05) is 32.9 Å². The number of nitrogens with two attached hydrogens (primary N) is 2. The Morgan fingerprint density at radius 3 is 2.54 bits per heavy atom. The minimum atomic E-state index is -3.83. The lowest BCUT2D eigenvalue weighted by molar-refractivity contribution is -0.119. The summed E-state index contributed by atoms with van der Waals surface area (Å²) in [6, 6.07) is 10.9. The van der Waals surface area contributed by atoms with Crippen molar-refractivity contribution in [3.63, 3.8) is 0 Å². The van der Waals surface area contributed by atoms with Crippen molar-refractivity contribution in [2.45, 2.75) is 31.7 Å². The summed E-state index contributed by atoms with van der Waals surface area (Å²) < 4.78 is 23.3. The van der Waals surface area contributed by atoms with Crippen LogP contribution in [0, 0.1) is 5.41 Å². The number of benzene rings is 2. The molecule has 1 heterocycles. The molecule has 2 aromatic carbocycles. The zero-order valence-corrected chi connectivity index (χ0v) is 16.7. The number of anilines is 1. The van der Waals surface area contributed by atoms with E-state index in [9.17, 15) is 13.2 Å². The third-order valence-corrected chi connectivity index (χ3v) is 5.39. The highest BCUT2D eigenvalue weighted by Gasteiger charge is 2.27. The average molecular weight is 401 g/mol. The molecule has 1 aromatic heterocycles. The number of hydrogen-bond acceptors (Lipinski definition) is 5. The molecule has 0 bridgehead atoms. The molecular formula is C19H23N5O3S. The summed E-state index contributed by atoms with van der Waals surface area (Å²) in [6.07, 6.45) is 0. The largest absolute Gasteiger partial charge is 0.325 e. The Balaban J connectivity index is 1.99. The Bertz CT molecular complexity index is 1150. The maximum atomic E-state index is 12.4. The van der Waals surface area contributed by atoms with Crippen LogP contribution < -0.4 is 16.2 Å². The standard InChI is InChI=1S/C19H23N5O3S/c1-19(2,3)17(20)18(25)22-12-7-8-15-14(10-12)16(24-23-15)11-5-4-6-13(9-11)28(21,26)27/h4-10,17H,20H2,1-3H3,(H,22,25)(H,23,24)(H2,21,26,27). The number of H-pyrrole nitrogens is 1. The fourth-order valence-electron chi connectivity index (χ4n) is 2.75. The Morgan fingerprint density at radius 1 is 1.18 bits per heavy atom. The summed E-state index contributed by atoms with van der Waals surface area (Å²) in [5.74, 6) is -0.284. The van der Waals surface area contributed by atoms with Gasteiger partial charge in [0.25, 0.3) is 0 Å². The SMILES string of the molecule is CC(C)(C)C(N)C(=O)Nc1ccc2[nH]nc(-c3cccc(S(N)(=O)=O)c3)c2c1. The second-order valence-electron chi connectivity index (χ2n) is 7.74. The summed E-state index contributed by atoms with van der Waals surface area (Å²) >= 11 is 0. The molecule has 3 rings (SSSR count). The van der Waals surface area contributed by atoms with E-state index in [4.69, 9.17) is 10.9 Å². The molecular weight excluding hydrogens is 378 g/mol. The molecule has 1 unspecified atom stereocenters. The summed E-state index contributed by atoms with van der Waals surface area (Å²) in [4.78, 5) is 12.4. The molecule has 0 saturated carbocycles. The number of sulfonamides is 1. The molecule has 0 spiro atoms. The molecule has 3 aromatic rings. The average Bonchev–Trinajstić information content (AvgIpc) is 3.03. The van der Waals surface area contributed by atoms with Gasteiger partial charge in [-0.3, -0.25) is 9.89 Å². The number of hydrogen-bond donors (Lipinski definition) is 4. The first-order chi connectivity index (χ1) is 13.0. The van der Waals surface area contributed by atoms with Crippen LogP contribution in [0.5, 0.6) is 0 Å². The number of primary sulfonamides is 1. The van der Waals surface area contributed by atoms with Gasteiger partial charge in [-0.05, 0) is 35.7 Å². The third-order valence-electron chi connectivity index (χ3n) is 4.48. The van der Waals surface area contributed by atoms with Gasteiger partial charge in [-0.2, -0.15) is 5.10 Å². The molecule has 0 aliphatic carbocycles. The van der Waals surface area contributed by atoms with Crippen LogP contribution in [0.1, 0.15) is 20.8 Å². The maximum absolute atomic E-state index is 12.4. The van der Waals surface area contributed by atoms with Crippen molar-refractivity contribution in [1.82, 2.24) is 10.2 Å². The van der Waals surface area contributed by atoms with E-state index in [0.29, 0.717) is 16.9 Å². The Kier molecular flexibility index (Phi) is 5.00. The summed E-state index contributed by atoms with van der Waals surface area (Å²) in [6.45, 7) is 5.69. The van der Waals surface area contributed by atoms with Gasteiger partial charge in [0, 0.05) is 16.6 Å². The number of fused-ring (bicyclic) bond motifs is 1. The highest BCUT2D eigenvalue weighted by Crippen LogP contribution is 2.30. The van der Waals surface area contributed by atoms with Crippen LogP contribution in [-0.2, 0) is 14.8 Å². The molecule has 0 aliphatic rings. The van der Waals surface area contributed by atoms with Crippen LogP contribution in [0.3, 0.4) is 0 Å². The molecule has 0 saturated heterocycles. The van der Waals surface area contributed by atoms with E-state index in [1.54, 1.807) is 30.3 Å². The third kappa shape index (κ3) is 4.06. The number of nitrogens with zero attached hydrogens (tertiary/aromatic N) is 1. The predicted molar refractivity (Wildman–Crippen MR) is 109 cm³/mol. The van der Waals surface area contributed by atoms with Crippen LogP contribution in [0.4, 0.5) is 5.69 Å². The Labute approximate surface area is 163 Å². The van der Waals surface area contributed by atoms with E-state index in [1.807, 2.05) is 20.8 Å². The predicted octanol–water partition coefficient (Wildman–Crippen LogP) is 2.19. The molecule has 9 heteroatoms. The molecule has 1 amide bonds. The topological polar surface area (TPSA) is 144 Å². The van der Waals surface area contributed by atoms with Crippen molar-refractivity contribution in [3.05, 3.63) is 42.5 Å². The fourth-order valence-corrected chi connectivity index (χ4v) is 3.30. The summed E-state index contributed by atoms with van der Waals surface area (Å²) in [7, 11) is -3.83. The lowest BCUT2D eigenvalue weighted by Gasteiger charge is -2.25. The smallest absolute Gasteiger partial charge is 0.241 e. The van der Waals surface area contributed by atoms with E-state index in [0.717, 1.165) is 10.9 Å².